The van der Waals surface area contributed by atoms with Gasteiger partial charge in [0.1, 0.15) is 0 Å². The Kier molecular flexibility index (Phi) is 5.48. The van der Waals surface area contributed by atoms with Crippen molar-refractivity contribution < 1.29 is 23.4 Å². The van der Waals surface area contributed by atoms with Gasteiger partial charge < -0.3 is 10.2 Å². The highest BCUT2D eigenvalue weighted by Crippen LogP contribution is 2.20. The van der Waals surface area contributed by atoms with Crippen molar-refractivity contribution >= 4 is 31.9 Å². The molecule has 0 spiro atoms. The molecule has 1 rings (SSSR count). The Morgan fingerprint density at radius 3 is 2.68 bits per heavy atom. The third-order valence-electron chi connectivity index (χ3n) is 2.43. The molecule has 0 fully saturated rings. The van der Waals surface area contributed by atoms with E-state index in [1.54, 1.807) is 19.1 Å². The standard InChI is InChI=1S/C11H14BrNO5S/c1-7-2-3-8(12)6-10(7)19(17,18)13-5-4-9(14)11(15)16/h2-3,6,9,13-14H,4-5H2,1H3,(H,15,16)/t9-/m0/s1. The maximum atomic E-state index is 12.0. The maximum Gasteiger partial charge on any atom is 0.332 e. The summed E-state index contributed by atoms with van der Waals surface area (Å²) in [6.45, 7) is 1.51. The van der Waals surface area contributed by atoms with Gasteiger partial charge in [-0.05, 0) is 31.0 Å². The van der Waals surface area contributed by atoms with Gasteiger partial charge in [-0.2, -0.15) is 0 Å². The number of carboxylic acids is 1. The number of carbonyl (C=O) groups is 1. The molecule has 1 aromatic rings. The lowest BCUT2D eigenvalue weighted by Gasteiger charge is -2.10. The molecule has 1 atom stereocenters. The SMILES string of the molecule is Cc1ccc(Br)cc1S(=O)(=O)NCC[C@H](O)C(=O)O. The van der Waals surface area contributed by atoms with Gasteiger partial charge in [-0.3, -0.25) is 0 Å². The van der Waals surface area contributed by atoms with Crippen molar-refractivity contribution in [3.8, 4) is 0 Å². The molecule has 0 aliphatic heterocycles. The second-order valence-corrected chi connectivity index (χ2v) is 6.60. The number of aryl methyl sites for hydroxylation is 1. The van der Waals surface area contributed by atoms with E-state index in [1.165, 1.54) is 6.07 Å². The molecule has 19 heavy (non-hydrogen) atoms. The van der Waals surface area contributed by atoms with E-state index >= 15 is 0 Å². The van der Waals surface area contributed by atoms with Crippen LogP contribution in [0.5, 0.6) is 0 Å². The van der Waals surface area contributed by atoms with E-state index in [4.69, 9.17) is 10.2 Å². The van der Waals surface area contributed by atoms with Crippen LogP contribution >= 0.6 is 15.9 Å². The number of aliphatic hydroxyl groups excluding tert-OH is 1. The Morgan fingerprint density at radius 1 is 1.47 bits per heavy atom. The fourth-order valence-corrected chi connectivity index (χ4v) is 3.22. The number of benzene rings is 1. The van der Waals surface area contributed by atoms with E-state index in [2.05, 4.69) is 20.7 Å². The fourth-order valence-electron chi connectivity index (χ4n) is 1.39. The largest absolute Gasteiger partial charge is 0.479 e. The zero-order chi connectivity index (χ0) is 14.6. The molecule has 106 valence electrons. The summed E-state index contributed by atoms with van der Waals surface area (Å²) in [6.07, 6.45) is -1.77. The van der Waals surface area contributed by atoms with Gasteiger partial charge in [0.25, 0.3) is 0 Å². The zero-order valence-electron chi connectivity index (χ0n) is 10.1. The lowest BCUT2D eigenvalue weighted by atomic mass is 10.2. The Bertz CT molecular complexity index is 572. The number of hydrogen-bond donors (Lipinski definition) is 3. The molecule has 8 heteroatoms. The van der Waals surface area contributed by atoms with Crippen LogP contribution in [-0.4, -0.2) is 37.2 Å². The molecule has 0 aliphatic rings. The van der Waals surface area contributed by atoms with Gasteiger partial charge in [0, 0.05) is 11.0 Å². The molecule has 0 radical (unpaired) electrons. The van der Waals surface area contributed by atoms with Crippen LogP contribution in [-0.2, 0) is 14.8 Å². The van der Waals surface area contributed by atoms with Gasteiger partial charge in [-0.1, -0.05) is 22.0 Å². The van der Waals surface area contributed by atoms with Gasteiger partial charge in [-0.25, -0.2) is 17.9 Å². The van der Waals surface area contributed by atoms with Crippen molar-refractivity contribution in [2.24, 2.45) is 0 Å². The van der Waals surface area contributed by atoms with Gasteiger partial charge in [0.15, 0.2) is 6.10 Å². The fraction of sp³-hybridized carbons (Fsp3) is 0.364. The highest BCUT2D eigenvalue weighted by Gasteiger charge is 2.19. The van der Waals surface area contributed by atoms with Crippen LogP contribution in [0.15, 0.2) is 27.6 Å². The summed E-state index contributed by atoms with van der Waals surface area (Å²) in [4.78, 5) is 10.5. The summed E-state index contributed by atoms with van der Waals surface area (Å²) >= 11 is 3.19. The van der Waals surface area contributed by atoms with Crippen molar-refractivity contribution in [1.29, 1.82) is 0 Å². The van der Waals surface area contributed by atoms with Crippen LogP contribution < -0.4 is 4.72 Å². The molecule has 6 nitrogen and oxygen atoms in total. The van der Waals surface area contributed by atoms with Gasteiger partial charge in [-0.15, -0.1) is 0 Å². The smallest absolute Gasteiger partial charge is 0.332 e. The zero-order valence-corrected chi connectivity index (χ0v) is 12.5. The summed E-state index contributed by atoms with van der Waals surface area (Å²) in [5, 5.41) is 17.5. The Balaban J connectivity index is 2.76. The summed E-state index contributed by atoms with van der Waals surface area (Å²) in [5.74, 6) is -1.38. The molecular formula is C11H14BrNO5S. The van der Waals surface area contributed by atoms with E-state index in [1.807, 2.05) is 0 Å². The van der Waals surface area contributed by atoms with Gasteiger partial charge in [0.2, 0.25) is 10.0 Å². The minimum absolute atomic E-state index is 0.117. The number of sulfonamides is 1. The average molecular weight is 352 g/mol. The lowest BCUT2D eigenvalue weighted by Crippen LogP contribution is -2.30. The molecule has 0 amide bonds. The first-order valence-corrected chi connectivity index (χ1v) is 7.68. The predicted octanol–water partition coefficient (Wildman–Crippen LogP) is 0.871. The minimum Gasteiger partial charge on any atom is -0.479 e. The first-order chi connectivity index (χ1) is 8.74. The number of carboxylic acid groups (broad SMARTS) is 1. The number of rotatable bonds is 6. The molecule has 0 bridgehead atoms. The number of aliphatic carboxylic acids is 1. The van der Waals surface area contributed by atoms with Crippen LogP contribution in [0.1, 0.15) is 12.0 Å². The maximum absolute atomic E-state index is 12.0. The second-order valence-electron chi connectivity index (χ2n) is 3.95. The molecule has 0 heterocycles. The summed E-state index contributed by atoms with van der Waals surface area (Å²) in [7, 11) is -3.72. The third-order valence-corrected chi connectivity index (χ3v) is 4.53. The van der Waals surface area contributed by atoms with Crippen molar-refractivity contribution in [2.45, 2.75) is 24.3 Å². The van der Waals surface area contributed by atoms with Crippen LogP contribution in [0, 0.1) is 6.92 Å². The molecule has 3 N–H and O–H groups in total. The van der Waals surface area contributed by atoms with Crippen LogP contribution in [0.4, 0.5) is 0 Å². The Labute approximate surface area is 119 Å². The molecular weight excluding hydrogens is 338 g/mol. The van der Waals surface area contributed by atoms with E-state index in [0.29, 0.717) is 10.0 Å². The molecule has 0 aromatic heterocycles. The normalized spacial score (nSPS) is 13.2. The highest BCUT2D eigenvalue weighted by atomic mass is 79.9. The Hall–Kier alpha value is -0.960. The third kappa shape index (κ3) is 4.57. The molecule has 0 saturated carbocycles. The van der Waals surface area contributed by atoms with Crippen molar-refractivity contribution in [1.82, 2.24) is 4.72 Å². The monoisotopic (exact) mass is 351 g/mol. The van der Waals surface area contributed by atoms with Crippen LogP contribution in [0.3, 0.4) is 0 Å². The molecule has 0 aliphatic carbocycles. The Morgan fingerprint density at radius 2 is 2.11 bits per heavy atom. The quantitative estimate of drug-likeness (QED) is 0.705. The predicted molar refractivity (Wildman–Crippen MR) is 72.3 cm³/mol. The topological polar surface area (TPSA) is 104 Å². The molecule has 0 unspecified atom stereocenters. The second kappa shape index (κ2) is 6.47. The first kappa shape index (κ1) is 16.1. The van der Waals surface area contributed by atoms with E-state index in [-0.39, 0.29) is 17.9 Å². The van der Waals surface area contributed by atoms with E-state index < -0.39 is 22.1 Å². The van der Waals surface area contributed by atoms with Crippen molar-refractivity contribution in [2.75, 3.05) is 6.54 Å². The van der Waals surface area contributed by atoms with Crippen LogP contribution in [0.2, 0.25) is 0 Å². The summed E-state index contributed by atoms with van der Waals surface area (Å²) < 4.78 is 26.9. The number of halogens is 1. The van der Waals surface area contributed by atoms with Crippen molar-refractivity contribution in [3.05, 3.63) is 28.2 Å². The van der Waals surface area contributed by atoms with E-state index in [9.17, 15) is 13.2 Å². The summed E-state index contributed by atoms with van der Waals surface area (Å²) in [5.41, 5.74) is 0.578. The summed E-state index contributed by atoms with van der Waals surface area (Å²) in [6, 6.07) is 4.85. The van der Waals surface area contributed by atoms with E-state index in [0.717, 1.165) is 0 Å². The van der Waals surface area contributed by atoms with Crippen LogP contribution in [0.25, 0.3) is 0 Å². The number of nitrogens with one attached hydrogen (secondary N) is 1. The lowest BCUT2D eigenvalue weighted by molar-refractivity contribution is -0.146. The average Bonchev–Trinajstić information content (AvgIpc) is 2.31. The molecule has 0 saturated heterocycles. The molecule has 1 aromatic carbocycles. The van der Waals surface area contributed by atoms with Gasteiger partial charge >= 0.3 is 5.97 Å². The number of hydrogen-bond acceptors (Lipinski definition) is 4. The highest BCUT2D eigenvalue weighted by molar-refractivity contribution is 9.10. The first-order valence-electron chi connectivity index (χ1n) is 5.41. The van der Waals surface area contributed by atoms with Gasteiger partial charge in [0.05, 0.1) is 4.90 Å². The number of aliphatic hydroxyl groups is 1. The van der Waals surface area contributed by atoms with Crippen molar-refractivity contribution in [3.63, 3.8) is 0 Å². The minimum atomic E-state index is -3.72.